The first kappa shape index (κ1) is 27.4. The monoisotopic (exact) mass is 605 g/mol. The summed E-state index contributed by atoms with van der Waals surface area (Å²) >= 11 is 8.11. The van der Waals surface area contributed by atoms with E-state index in [0.717, 1.165) is 26.1 Å². The van der Waals surface area contributed by atoms with Gasteiger partial charge in [0, 0.05) is 21.7 Å². The van der Waals surface area contributed by atoms with Crippen molar-refractivity contribution >= 4 is 61.7 Å². The predicted octanol–water partition coefficient (Wildman–Crippen LogP) is 4.04. The predicted molar refractivity (Wildman–Crippen MR) is 141 cm³/mol. The average Bonchev–Trinajstić information content (AvgIpc) is 2.77. The summed E-state index contributed by atoms with van der Waals surface area (Å²) in [5, 5.41) is 3.41. The molecule has 0 spiro atoms. The standard InChI is InChI=1S/C23H29ClIN3O4S/c1-4-14-26-23(30)21(5-2)27(15-17-6-8-18(24)9-7-17)22(29)16-28(33(3,31)32)20-12-10-19(25)11-13-20/h6-13,21H,4-5,14-16H2,1-3H3,(H,26,30)/t21-/m0/s1. The van der Waals surface area contributed by atoms with Crippen LogP contribution in [0.5, 0.6) is 0 Å². The van der Waals surface area contributed by atoms with Crippen LogP contribution in [0.1, 0.15) is 32.3 Å². The van der Waals surface area contributed by atoms with Crippen LogP contribution in [0.3, 0.4) is 0 Å². The first-order valence-corrected chi connectivity index (χ1v) is 13.9. The fourth-order valence-corrected chi connectivity index (χ4v) is 4.63. The van der Waals surface area contributed by atoms with E-state index in [1.807, 2.05) is 13.8 Å². The van der Waals surface area contributed by atoms with Crippen LogP contribution in [0.4, 0.5) is 5.69 Å². The summed E-state index contributed by atoms with van der Waals surface area (Å²) in [6.45, 7) is 4.01. The van der Waals surface area contributed by atoms with Crippen molar-refractivity contribution in [3.63, 3.8) is 0 Å². The number of hydrogen-bond acceptors (Lipinski definition) is 4. The van der Waals surface area contributed by atoms with Gasteiger partial charge in [0.05, 0.1) is 11.9 Å². The lowest BCUT2D eigenvalue weighted by molar-refractivity contribution is -0.140. The Morgan fingerprint density at radius 2 is 1.67 bits per heavy atom. The number of nitrogens with one attached hydrogen (secondary N) is 1. The average molecular weight is 606 g/mol. The van der Waals surface area contributed by atoms with Gasteiger partial charge in [-0.05, 0) is 77.4 Å². The van der Waals surface area contributed by atoms with E-state index in [0.29, 0.717) is 23.7 Å². The molecule has 0 radical (unpaired) electrons. The number of nitrogens with zero attached hydrogens (tertiary/aromatic N) is 2. The number of halogens is 2. The summed E-state index contributed by atoms with van der Waals surface area (Å²) in [7, 11) is -3.74. The van der Waals surface area contributed by atoms with Gasteiger partial charge in [0.1, 0.15) is 12.6 Å². The molecule has 7 nitrogen and oxygen atoms in total. The maximum absolute atomic E-state index is 13.5. The van der Waals surface area contributed by atoms with Crippen LogP contribution in [-0.4, -0.2) is 50.5 Å². The highest BCUT2D eigenvalue weighted by Gasteiger charge is 2.31. The van der Waals surface area contributed by atoms with E-state index in [1.54, 1.807) is 48.5 Å². The van der Waals surface area contributed by atoms with E-state index in [-0.39, 0.29) is 12.5 Å². The summed E-state index contributed by atoms with van der Waals surface area (Å²) in [5.74, 6) is -0.728. The topological polar surface area (TPSA) is 86.8 Å². The molecule has 1 N–H and O–H groups in total. The third-order valence-electron chi connectivity index (χ3n) is 5.00. The Hall–Kier alpha value is -1.85. The van der Waals surface area contributed by atoms with E-state index >= 15 is 0 Å². The lowest BCUT2D eigenvalue weighted by Gasteiger charge is -2.33. The van der Waals surface area contributed by atoms with Crippen LogP contribution in [0.2, 0.25) is 5.02 Å². The van der Waals surface area contributed by atoms with Gasteiger partial charge in [-0.15, -0.1) is 0 Å². The van der Waals surface area contributed by atoms with Crippen LogP contribution in [-0.2, 0) is 26.2 Å². The smallest absolute Gasteiger partial charge is 0.244 e. The molecule has 0 heterocycles. The fourth-order valence-electron chi connectivity index (χ4n) is 3.29. The quantitative estimate of drug-likeness (QED) is 0.392. The maximum Gasteiger partial charge on any atom is 0.244 e. The molecule has 2 amide bonds. The Labute approximate surface area is 214 Å². The van der Waals surface area contributed by atoms with Crippen LogP contribution in [0.15, 0.2) is 48.5 Å². The van der Waals surface area contributed by atoms with Crippen molar-refractivity contribution in [3.05, 3.63) is 62.7 Å². The highest BCUT2D eigenvalue weighted by molar-refractivity contribution is 14.1. The van der Waals surface area contributed by atoms with Crippen LogP contribution < -0.4 is 9.62 Å². The zero-order chi connectivity index (χ0) is 24.6. The second kappa shape index (κ2) is 12.6. The van der Waals surface area contributed by atoms with E-state index in [9.17, 15) is 18.0 Å². The van der Waals surface area contributed by atoms with Crippen molar-refractivity contribution in [2.45, 2.75) is 39.3 Å². The molecule has 2 rings (SSSR count). The number of rotatable bonds is 11. The Morgan fingerprint density at radius 3 is 2.18 bits per heavy atom. The first-order valence-electron chi connectivity index (χ1n) is 10.6. The molecule has 0 saturated heterocycles. The minimum atomic E-state index is -3.74. The third kappa shape index (κ3) is 8.15. The van der Waals surface area contributed by atoms with Crippen molar-refractivity contribution in [1.29, 1.82) is 0 Å². The van der Waals surface area contributed by atoms with Crippen molar-refractivity contribution in [2.75, 3.05) is 23.7 Å². The molecule has 0 aliphatic carbocycles. The molecule has 0 aliphatic rings. The van der Waals surface area contributed by atoms with Gasteiger partial charge < -0.3 is 10.2 Å². The van der Waals surface area contributed by atoms with Crippen LogP contribution in [0, 0.1) is 3.57 Å². The van der Waals surface area contributed by atoms with Gasteiger partial charge in [0.2, 0.25) is 21.8 Å². The van der Waals surface area contributed by atoms with E-state index in [4.69, 9.17) is 11.6 Å². The molecule has 0 aliphatic heterocycles. The Kier molecular flexibility index (Phi) is 10.4. The fraction of sp³-hybridized carbons (Fsp3) is 0.391. The van der Waals surface area contributed by atoms with Gasteiger partial charge in [-0.3, -0.25) is 13.9 Å². The molecule has 0 aromatic heterocycles. The largest absolute Gasteiger partial charge is 0.354 e. The second-order valence-corrected chi connectivity index (χ2v) is 11.2. The molecule has 0 bridgehead atoms. The number of carbonyl (C=O) groups excluding carboxylic acids is 2. The SMILES string of the molecule is CCCNC(=O)[C@H](CC)N(Cc1ccc(Cl)cc1)C(=O)CN(c1ccc(I)cc1)S(C)(=O)=O. The maximum atomic E-state index is 13.5. The molecule has 33 heavy (non-hydrogen) atoms. The number of carbonyl (C=O) groups is 2. The van der Waals surface area contributed by atoms with Crippen molar-refractivity contribution in [1.82, 2.24) is 10.2 Å². The van der Waals surface area contributed by atoms with Gasteiger partial charge in [-0.2, -0.15) is 0 Å². The summed E-state index contributed by atoms with van der Waals surface area (Å²) in [6.07, 6.45) is 2.21. The molecule has 2 aromatic carbocycles. The Balaban J connectivity index is 2.39. The molecule has 10 heteroatoms. The van der Waals surface area contributed by atoms with Crippen LogP contribution in [0.25, 0.3) is 0 Å². The molecule has 1 atom stereocenters. The molecule has 2 aromatic rings. The van der Waals surface area contributed by atoms with E-state index < -0.39 is 28.5 Å². The Morgan fingerprint density at radius 1 is 1.06 bits per heavy atom. The summed E-state index contributed by atoms with van der Waals surface area (Å²) in [4.78, 5) is 27.8. The van der Waals surface area contributed by atoms with Gasteiger partial charge in [0.15, 0.2) is 0 Å². The van der Waals surface area contributed by atoms with Gasteiger partial charge >= 0.3 is 0 Å². The first-order chi connectivity index (χ1) is 15.6. The highest BCUT2D eigenvalue weighted by Crippen LogP contribution is 2.21. The van der Waals surface area contributed by atoms with E-state index in [2.05, 4.69) is 27.9 Å². The van der Waals surface area contributed by atoms with E-state index in [1.165, 1.54) is 4.90 Å². The minimum absolute atomic E-state index is 0.151. The summed E-state index contributed by atoms with van der Waals surface area (Å²) < 4.78 is 27.1. The lowest BCUT2D eigenvalue weighted by Crippen LogP contribution is -2.52. The number of benzene rings is 2. The van der Waals surface area contributed by atoms with Crippen molar-refractivity contribution in [3.8, 4) is 0 Å². The van der Waals surface area contributed by atoms with Crippen molar-refractivity contribution in [2.24, 2.45) is 0 Å². The van der Waals surface area contributed by atoms with Gasteiger partial charge in [0.25, 0.3) is 0 Å². The molecule has 0 unspecified atom stereocenters. The molecular weight excluding hydrogens is 577 g/mol. The van der Waals surface area contributed by atoms with Gasteiger partial charge in [-0.1, -0.05) is 37.6 Å². The number of hydrogen-bond donors (Lipinski definition) is 1. The summed E-state index contributed by atoms with van der Waals surface area (Å²) in [6, 6.07) is 13.1. The minimum Gasteiger partial charge on any atom is -0.354 e. The van der Waals surface area contributed by atoms with Crippen LogP contribution >= 0.6 is 34.2 Å². The summed E-state index contributed by atoms with van der Waals surface area (Å²) in [5.41, 5.74) is 1.18. The second-order valence-electron chi connectivity index (χ2n) is 7.61. The number of anilines is 1. The molecule has 0 saturated carbocycles. The van der Waals surface area contributed by atoms with Crippen molar-refractivity contribution < 1.29 is 18.0 Å². The number of sulfonamides is 1. The normalized spacial score (nSPS) is 12.2. The van der Waals surface area contributed by atoms with Gasteiger partial charge in [-0.25, -0.2) is 8.42 Å². The highest BCUT2D eigenvalue weighted by atomic mass is 127. The number of amides is 2. The molecular formula is C23H29ClIN3O4S. The third-order valence-corrected chi connectivity index (χ3v) is 7.11. The zero-order valence-electron chi connectivity index (χ0n) is 18.9. The molecule has 180 valence electrons. The lowest BCUT2D eigenvalue weighted by atomic mass is 10.1. The Bertz CT molecular complexity index is 1050. The zero-order valence-corrected chi connectivity index (χ0v) is 22.7. The molecule has 0 fully saturated rings.